The summed E-state index contributed by atoms with van der Waals surface area (Å²) in [5.74, 6) is -0.884. The smallest absolute Gasteiger partial charge is 0.318 e. The number of carbonyl (C=O) groups excluding carboxylic acids is 2. The average Bonchev–Trinajstić information content (AvgIpc) is 2.89. The molecule has 0 aromatic heterocycles. The highest BCUT2D eigenvalue weighted by Gasteiger charge is 2.53. The molecule has 1 fully saturated rings. The van der Waals surface area contributed by atoms with Crippen LogP contribution < -0.4 is 0 Å². The van der Waals surface area contributed by atoms with Crippen LogP contribution in [0.4, 0.5) is 0 Å². The molecule has 0 aliphatic carbocycles. The molecule has 200 valence electrons. The van der Waals surface area contributed by atoms with Crippen LogP contribution in [0, 0.1) is 5.92 Å². The molecule has 1 aliphatic heterocycles. The van der Waals surface area contributed by atoms with Crippen molar-refractivity contribution in [2.75, 3.05) is 6.54 Å². The van der Waals surface area contributed by atoms with Gasteiger partial charge in [-0.1, -0.05) is 59.0 Å². The van der Waals surface area contributed by atoms with Crippen molar-refractivity contribution in [3.05, 3.63) is 0 Å². The van der Waals surface area contributed by atoms with Crippen LogP contribution in [0.25, 0.3) is 0 Å². The molecular weight excluding hydrogens is 666 g/mol. The van der Waals surface area contributed by atoms with Gasteiger partial charge in [0.25, 0.3) is 0 Å². The molecule has 1 rings (SSSR count). The number of carbonyl (C=O) groups is 2. The monoisotopic (exact) mass is 710 g/mol. The van der Waals surface area contributed by atoms with Crippen molar-refractivity contribution in [1.29, 1.82) is 0 Å². The van der Waals surface area contributed by atoms with Gasteiger partial charge < -0.3 is 19.9 Å². The van der Waals surface area contributed by atoms with E-state index in [4.69, 9.17) is 9.47 Å². The SMILES string of the molecule is CCN(O)C(C)(C)C(CCCC(I)C(C)C(=O)OC1CC(C)(C)N(O)C1(C)C)OC(=O)C(C)I. The van der Waals surface area contributed by atoms with Crippen LogP contribution >= 0.6 is 45.2 Å². The zero-order chi connectivity index (χ0) is 26.6. The third-order valence-corrected chi connectivity index (χ3v) is 9.26. The van der Waals surface area contributed by atoms with E-state index in [0.717, 1.165) is 12.8 Å². The van der Waals surface area contributed by atoms with Crippen molar-refractivity contribution in [3.8, 4) is 0 Å². The van der Waals surface area contributed by atoms with Gasteiger partial charge in [-0.2, -0.15) is 10.1 Å². The van der Waals surface area contributed by atoms with Crippen molar-refractivity contribution in [3.63, 3.8) is 0 Å². The molecular formula is C24H44I2N2O6. The summed E-state index contributed by atoms with van der Waals surface area (Å²) in [5, 5.41) is 23.4. The number of hydrogen-bond acceptors (Lipinski definition) is 8. The Kier molecular flexibility index (Phi) is 12.0. The fraction of sp³-hybridized carbons (Fsp3) is 0.917. The Morgan fingerprint density at radius 1 is 1.15 bits per heavy atom. The van der Waals surface area contributed by atoms with Crippen LogP contribution in [0.5, 0.6) is 0 Å². The van der Waals surface area contributed by atoms with E-state index in [1.165, 1.54) is 10.1 Å². The number of halogens is 2. The van der Waals surface area contributed by atoms with Crippen LogP contribution in [-0.4, -0.2) is 75.7 Å². The largest absolute Gasteiger partial charge is 0.460 e. The number of esters is 2. The van der Waals surface area contributed by atoms with Crippen LogP contribution in [0.3, 0.4) is 0 Å². The molecule has 5 atom stereocenters. The lowest BCUT2D eigenvalue weighted by molar-refractivity contribution is -0.206. The molecule has 0 saturated carbocycles. The minimum atomic E-state index is -0.738. The van der Waals surface area contributed by atoms with Gasteiger partial charge in [-0.25, -0.2) is 0 Å². The molecule has 0 bridgehead atoms. The number of hydrogen-bond donors (Lipinski definition) is 2. The van der Waals surface area contributed by atoms with Crippen LogP contribution in [0.2, 0.25) is 0 Å². The molecule has 0 amide bonds. The molecule has 10 heteroatoms. The van der Waals surface area contributed by atoms with E-state index >= 15 is 0 Å². The van der Waals surface area contributed by atoms with Gasteiger partial charge >= 0.3 is 11.9 Å². The lowest BCUT2D eigenvalue weighted by Crippen LogP contribution is -2.52. The first kappa shape index (κ1) is 32.3. The van der Waals surface area contributed by atoms with Crippen molar-refractivity contribution in [2.45, 2.75) is 125 Å². The fourth-order valence-corrected chi connectivity index (χ4v) is 5.28. The summed E-state index contributed by atoms with van der Waals surface area (Å²) in [7, 11) is 0. The van der Waals surface area contributed by atoms with Crippen molar-refractivity contribution < 1.29 is 29.5 Å². The number of hydroxylamine groups is 4. The molecule has 2 N–H and O–H groups in total. The topological polar surface area (TPSA) is 99.5 Å². The van der Waals surface area contributed by atoms with E-state index in [9.17, 15) is 20.0 Å². The van der Waals surface area contributed by atoms with Crippen molar-refractivity contribution in [2.24, 2.45) is 5.92 Å². The number of nitrogens with zero attached hydrogens (tertiary/aromatic N) is 2. The summed E-state index contributed by atoms with van der Waals surface area (Å²) in [6.07, 6.45) is 1.73. The Balaban J connectivity index is 2.74. The number of alkyl halides is 2. The number of likely N-dealkylation sites (N-methyl/N-ethyl adjacent to an activating group) is 1. The highest BCUT2D eigenvalue weighted by atomic mass is 127. The molecule has 34 heavy (non-hydrogen) atoms. The Labute approximate surface area is 232 Å². The number of ether oxygens (including phenoxy) is 2. The van der Waals surface area contributed by atoms with Gasteiger partial charge in [0.15, 0.2) is 0 Å². The zero-order valence-corrected chi connectivity index (χ0v) is 26.4. The lowest BCUT2D eigenvalue weighted by Gasteiger charge is -2.39. The molecule has 1 heterocycles. The molecule has 1 aliphatic rings. The second kappa shape index (κ2) is 12.7. The average molecular weight is 710 g/mol. The lowest BCUT2D eigenvalue weighted by atomic mass is 9.91. The van der Waals surface area contributed by atoms with Crippen molar-refractivity contribution >= 4 is 57.1 Å². The quantitative estimate of drug-likeness (QED) is 0.121. The van der Waals surface area contributed by atoms with Crippen LogP contribution in [0.1, 0.15) is 88.0 Å². The second-order valence-corrected chi connectivity index (χ2v) is 14.5. The first-order valence-electron chi connectivity index (χ1n) is 12.0. The van der Waals surface area contributed by atoms with E-state index in [1.807, 2.05) is 78.0 Å². The fourth-order valence-electron chi connectivity index (χ4n) is 4.40. The Bertz CT molecular complexity index is 701. The van der Waals surface area contributed by atoms with E-state index in [0.29, 0.717) is 19.4 Å². The van der Waals surface area contributed by atoms with Gasteiger partial charge in [0.05, 0.1) is 17.0 Å². The van der Waals surface area contributed by atoms with Crippen LogP contribution in [0.15, 0.2) is 0 Å². The third-order valence-electron chi connectivity index (χ3n) is 7.05. The summed E-state index contributed by atoms with van der Waals surface area (Å²) in [4.78, 5) is 25.2. The normalized spacial score (nSPS) is 23.9. The van der Waals surface area contributed by atoms with Gasteiger partial charge in [0.2, 0.25) is 0 Å². The Morgan fingerprint density at radius 2 is 1.71 bits per heavy atom. The summed E-state index contributed by atoms with van der Waals surface area (Å²) >= 11 is 4.31. The highest BCUT2D eigenvalue weighted by Crippen LogP contribution is 2.41. The van der Waals surface area contributed by atoms with Crippen molar-refractivity contribution in [1.82, 2.24) is 10.1 Å². The summed E-state index contributed by atoms with van der Waals surface area (Å²) in [6, 6.07) is 0. The number of rotatable bonds is 12. The van der Waals surface area contributed by atoms with E-state index in [-0.39, 0.29) is 25.7 Å². The molecule has 5 unspecified atom stereocenters. The zero-order valence-electron chi connectivity index (χ0n) is 22.1. The molecule has 0 spiro atoms. The van der Waals surface area contributed by atoms with E-state index in [2.05, 4.69) is 22.6 Å². The molecule has 1 saturated heterocycles. The maximum atomic E-state index is 12.9. The Morgan fingerprint density at radius 3 is 2.15 bits per heavy atom. The maximum Gasteiger partial charge on any atom is 0.318 e. The summed E-state index contributed by atoms with van der Waals surface area (Å²) in [6.45, 7) is 17.3. The molecule has 0 radical (unpaired) electrons. The minimum Gasteiger partial charge on any atom is -0.460 e. The first-order valence-corrected chi connectivity index (χ1v) is 14.5. The van der Waals surface area contributed by atoms with E-state index in [1.54, 1.807) is 6.92 Å². The predicted molar refractivity (Wildman–Crippen MR) is 149 cm³/mol. The van der Waals surface area contributed by atoms with Gasteiger partial charge in [-0.05, 0) is 67.7 Å². The van der Waals surface area contributed by atoms with Gasteiger partial charge in [-0.3, -0.25) is 9.59 Å². The summed E-state index contributed by atoms with van der Waals surface area (Å²) in [5.41, 5.74) is -1.86. The second-order valence-electron chi connectivity index (χ2n) is 11.1. The molecule has 8 nitrogen and oxygen atoms in total. The maximum absolute atomic E-state index is 12.9. The highest BCUT2D eigenvalue weighted by molar-refractivity contribution is 14.1. The standard InChI is InChI=1S/C24H44I2N2O6/c1-10-27(31)23(6,7)18(33-21(30)16(3)25)13-11-12-17(26)15(2)20(29)34-19-14-22(4,5)28(32)24(19,8)9/h15-19,31-32H,10-14H2,1-9H3. The first-order chi connectivity index (χ1) is 15.4. The van der Waals surface area contributed by atoms with Crippen LogP contribution in [-0.2, 0) is 19.1 Å². The minimum absolute atomic E-state index is 0.0345. The third kappa shape index (κ3) is 7.87. The predicted octanol–water partition coefficient (Wildman–Crippen LogP) is 5.39. The molecule has 0 aromatic carbocycles. The summed E-state index contributed by atoms with van der Waals surface area (Å²) < 4.78 is 11.4. The van der Waals surface area contributed by atoms with Gasteiger partial charge in [-0.15, -0.1) is 0 Å². The Hall–Kier alpha value is 0.240. The van der Waals surface area contributed by atoms with E-state index < -0.39 is 28.8 Å². The van der Waals surface area contributed by atoms with Gasteiger partial charge in [0.1, 0.15) is 16.1 Å². The van der Waals surface area contributed by atoms with Gasteiger partial charge in [0, 0.05) is 22.4 Å². The molecule has 0 aromatic rings.